The third kappa shape index (κ3) is 47.4. The van der Waals surface area contributed by atoms with Crippen LogP contribution in [0.5, 0.6) is 0 Å². The Balaban J connectivity index is 3.96. The fourth-order valence-electron chi connectivity index (χ4n) is 6.93. The van der Waals surface area contributed by atoms with Gasteiger partial charge in [0.1, 0.15) is 6.10 Å². The third-order valence-electron chi connectivity index (χ3n) is 10.5. The molecule has 2 unspecified atom stereocenters. The van der Waals surface area contributed by atoms with Crippen molar-refractivity contribution in [3.63, 3.8) is 0 Å². The molecule has 0 spiro atoms. The lowest BCUT2D eigenvalue weighted by molar-refractivity contribution is -0.154. The van der Waals surface area contributed by atoms with Crippen molar-refractivity contribution < 1.29 is 32.8 Å². The lowest BCUT2D eigenvalue weighted by Gasteiger charge is -2.20. The number of hydrogen-bond acceptors (Lipinski definition) is 7. The summed E-state index contributed by atoms with van der Waals surface area (Å²) < 4.78 is 33.6. The molecule has 0 amide bonds. The standard InChI is InChI=1S/C50H94NO7P/c1-3-5-7-9-11-13-15-17-19-21-23-24-25-26-28-30-32-34-36-38-40-42-45-55-47-49(48-57-59(53,54)56-46-44-51)58-50(52)43-41-39-37-35-33-31-29-27-22-20-18-16-14-12-10-8-6-4-2/h5,7,11,13,17,19,23-24,49H,3-4,6,8-10,12,14-16,18,20-22,25-48,51H2,1-2H3,(H,53,54)/b7-5-,13-11-,19-17-,24-23-. The Kier molecular flexibility index (Phi) is 46.3. The zero-order chi connectivity index (χ0) is 43.0. The van der Waals surface area contributed by atoms with E-state index in [4.69, 9.17) is 24.3 Å². The number of hydrogen-bond donors (Lipinski definition) is 2. The number of esters is 1. The number of carbonyl (C=O) groups is 1. The van der Waals surface area contributed by atoms with E-state index in [1.165, 1.54) is 148 Å². The van der Waals surface area contributed by atoms with Crippen LogP contribution < -0.4 is 5.73 Å². The molecule has 0 saturated carbocycles. The first-order valence-corrected chi connectivity index (χ1v) is 26.1. The van der Waals surface area contributed by atoms with Gasteiger partial charge in [0.2, 0.25) is 0 Å². The summed E-state index contributed by atoms with van der Waals surface area (Å²) in [6.07, 6.45) is 57.1. The Morgan fingerprint density at radius 3 is 1.42 bits per heavy atom. The second-order valence-corrected chi connectivity index (χ2v) is 17.8. The molecule has 0 rings (SSSR count). The third-order valence-corrected chi connectivity index (χ3v) is 11.5. The molecule has 0 aliphatic heterocycles. The van der Waals surface area contributed by atoms with Gasteiger partial charge in [0, 0.05) is 19.6 Å². The van der Waals surface area contributed by atoms with Crippen LogP contribution in [-0.2, 0) is 27.9 Å². The number of carbonyl (C=O) groups excluding carboxylic acids is 1. The van der Waals surface area contributed by atoms with Crippen molar-refractivity contribution in [2.24, 2.45) is 5.73 Å². The van der Waals surface area contributed by atoms with Crippen molar-refractivity contribution >= 4 is 13.8 Å². The maximum Gasteiger partial charge on any atom is 0.472 e. The van der Waals surface area contributed by atoms with Gasteiger partial charge in [0.25, 0.3) is 0 Å². The van der Waals surface area contributed by atoms with Crippen molar-refractivity contribution in [2.75, 3.05) is 33.0 Å². The number of nitrogens with two attached hydrogens (primary N) is 1. The lowest BCUT2D eigenvalue weighted by atomic mass is 10.0. The molecule has 346 valence electrons. The molecule has 0 aliphatic carbocycles. The first-order chi connectivity index (χ1) is 28.9. The highest BCUT2D eigenvalue weighted by molar-refractivity contribution is 7.47. The van der Waals surface area contributed by atoms with Gasteiger partial charge in [0.05, 0.1) is 19.8 Å². The van der Waals surface area contributed by atoms with Crippen LogP contribution in [0.15, 0.2) is 48.6 Å². The minimum Gasteiger partial charge on any atom is -0.457 e. The van der Waals surface area contributed by atoms with E-state index in [1.807, 2.05) is 0 Å². The van der Waals surface area contributed by atoms with Gasteiger partial charge in [-0.25, -0.2) is 4.57 Å². The quantitative estimate of drug-likeness (QED) is 0.0269. The number of unbranched alkanes of at least 4 members (excludes halogenated alkanes) is 26. The van der Waals surface area contributed by atoms with Crippen molar-refractivity contribution in [3.8, 4) is 0 Å². The topological polar surface area (TPSA) is 117 Å². The van der Waals surface area contributed by atoms with E-state index < -0.39 is 13.9 Å². The fourth-order valence-corrected chi connectivity index (χ4v) is 7.70. The number of phosphoric acid groups is 1. The molecule has 0 fully saturated rings. The molecule has 0 bridgehead atoms. The summed E-state index contributed by atoms with van der Waals surface area (Å²) in [6, 6.07) is 0. The Morgan fingerprint density at radius 1 is 0.525 bits per heavy atom. The Bertz CT molecular complexity index is 1050. The van der Waals surface area contributed by atoms with Gasteiger partial charge >= 0.3 is 13.8 Å². The largest absolute Gasteiger partial charge is 0.472 e. The highest BCUT2D eigenvalue weighted by Gasteiger charge is 2.25. The van der Waals surface area contributed by atoms with Gasteiger partial charge in [-0.05, 0) is 51.4 Å². The molecule has 2 atom stereocenters. The zero-order valence-corrected chi connectivity index (χ0v) is 39.4. The minimum absolute atomic E-state index is 0.0965. The summed E-state index contributed by atoms with van der Waals surface area (Å²) in [6.45, 7) is 4.83. The lowest BCUT2D eigenvalue weighted by Crippen LogP contribution is -2.28. The molecule has 59 heavy (non-hydrogen) atoms. The van der Waals surface area contributed by atoms with Crippen LogP contribution in [0.3, 0.4) is 0 Å². The molecule has 0 saturated heterocycles. The molecule has 0 radical (unpaired) electrons. The summed E-state index contributed by atoms with van der Waals surface area (Å²) in [5.74, 6) is -0.330. The summed E-state index contributed by atoms with van der Waals surface area (Å²) >= 11 is 0. The van der Waals surface area contributed by atoms with E-state index >= 15 is 0 Å². The van der Waals surface area contributed by atoms with Gasteiger partial charge in [-0.3, -0.25) is 13.8 Å². The van der Waals surface area contributed by atoms with Crippen LogP contribution in [0.4, 0.5) is 0 Å². The van der Waals surface area contributed by atoms with E-state index in [2.05, 4.69) is 62.5 Å². The van der Waals surface area contributed by atoms with Crippen molar-refractivity contribution in [2.45, 2.75) is 232 Å². The van der Waals surface area contributed by atoms with Crippen LogP contribution in [0, 0.1) is 0 Å². The second kappa shape index (κ2) is 47.5. The average molecular weight is 852 g/mol. The molecule has 3 N–H and O–H groups in total. The van der Waals surface area contributed by atoms with Crippen LogP contribution in [0.2, 0.25) is 0 Å². The molecule has 8 nitrogen and oxygen atoms in total. The first-order valence-electron chi connectivity index (χ1n) is 24.6. The van der Waals surface area contributed by atoms with Gasteiger partial charge < -0.3 is 20.1 Å². The maximum atomic E-state index is 12.6. The summed E-state index contributed by atoms with van der Waals surface area (Å²) in [7, 11) is -4.28. The number of phosphoric ester groups is 1. The molecule has 0 aromatic heterocycles. The normalized spacial score (nSPS) is 13.8. The summed E-state index contributed by atoms with van der Waals surface area (Å²) in [4.78, 5) is 22.6. The van der Waals surface area contributed by atoms with E-state index in [0.717, 1.165) is 57.8 Å². The molecule has 0 aromatic carbocycles. The van der Waals surface area contributed by atoms with E-state index in [0.29, 0.717) is 13.0 Å². The molecule has 0 heterocycles. The fraction of sp³-hybridized carbons (Fsp3) is 0.820. The van der Waals surface area contributed by atoms with Crippen LogP contribution >= 0.6 is 7.82 Å². The van der Waals surface area contributed by atoms with Gasteiger partial charge in [-0.15, -0.1) is 0 Å². The predicted octanol–water partition coefficient (Wildman–Crippen LogP) is 15.1. The number of ether oxygens (including phenoxy) is 2. The summed E-state index contributed by atoms with van der Waals surface area (Å²) in [5.41, 5.74) is 5.38. The average Bonchev–Trinajstić information content (AvgIpc) is 3.23. The zero-order valence-electron chi connectivity index (χ0n) is 38.5. The molecular formula is C50H94NO7P. The maximum absolute atomic E-state index is 12.6. The van der Waals surface area contributed by atoms with E-state index in [1.54, 1.807) is 0 Å². The van der Waals surface area contributed by atoms with Gasteiger partial charge in [-0.2, -0.15) is 0 Å². The van der Waals surface area contributed by atoms with Crippen molar-refractivity contribution in [1.82, 2.24) is 0 Å². The highest BCUT2D eigenvalue weighted by Crippen LogP contribution is 2.43. The van der Waals surface area contributed by atoms with Crippen LogP contribution in [0.25, 0.3) is 0 Å². The van der Waals surface area contributed by atoms with E-state index in [-0.39, 0.29) is 32.3 Å². The van der Waals surface area contributed by atoms with Gasteiger partial charge in [0.15, 0.2) is 0 Å². The SMILES string of the molecule is CC/C=C\C/C=C\C/C=C\C/C=C\CCCCCCCCCCCOCC(COP(=O)(O)OCCN)OC(=O)CCCCCCCCCCCCCCCCCCCC. The number of allylic oxidation sites excluding steroid dienone is 8. The predicted molar refractivity (Wildman–Crippen MR) is 252 cm³/mol. The molecule has 9 heteroatoms. The molecule has 0 aliphatic rings. The Morgan fingerprint density at radius 2 is 0.949 bits per heavy atom. The smallest absolute Gasteiger partial charge is 0.457 e. The van der Waals surface area contributed by atoms with E-state index in [9.17, 15) is 14.3 Å². The van der Waals surface area contributed by atoms with Crippen LogP contribution in [0.1, 0.15) is 226 Å². The van der Waals surface area contributed by atoms with Crippen molar-refractivity contribution in [3.05, 3.63) is 48.6 Å². The molecule has 0 aromatic rings. The Labute approximate surface area is 364 Å². The monoisotopic (exact) mass is 852 g/mol. The van der Waals surface area contributed by atoms with Crippen molar-refractivity contribution in [1.29, 1.82) is 0 Å². The highest BCUT2D eigenvalue weighted by atomic mass is 31.2. The molecular weight excluding hydrogens is 758 g/mol. The first kappa shape index (κ1) is 57.5. The second-order valence-electron chi connectivity index (χ2n) is 16.3. The minimum atomic E-state index is -4.28. The summed E-state index contributed by atoms with van der Waals surface area (Å²) in [5, 5.41) is 0. The van der Waals surface area contributed by atoms with Crippen LogP contribution in [-0.4, -0.2) is 49.9 Å². The van der Waals surface area contributed by atoms with Gasteiger partial charge in [-0.1, -0.05) is 217 Å². The Hall–Kier alpha value is -1.54. The number of rotatable bonds is 47.